The number of nitrogens with zero attached hydrogens (tertiary/aromatic N) is 1. The van der Waals surface area contributed by atoms with E-state index in [-0.39, 0.29) is 0 Å². The molecule has 0 bridgehead atoms. The quantitative estimate of drug-likeness (QED) is 0.827. The van der Waals surface area contributed by atoms with Crippen LogP contribution in [0.3, 0.4) is 0 Å². The van der Waals surface area contributed by atoms with E-state index < -0.39 is 0 Å². The van der Waals surface area contributed by atoms with Crippen molar-refractivity contribution in [2.75, 3.05) is 26.7 Å². The van der Waals surface area contributed by atoms with Gasteiger partial charge in [0.2, 0.25) is 0 Å². The van der Waals surface area contributed by atoms with Gasteiger partial charge in [-0.05, 0) is 50.0 Å². The summed E-state index contributed by atoms with van der Waals surface area (Å²) in [6, 6.07) is 9.67. The summed E-state index contributed by atoms with van der Waals surface area (Å²) in [6.45, 7) is 7.84. The van der Waals surface area contributed by atoms with E-state index in [1.54, 1.807) is 7.11 Å². The third-order valence-corrected chi connectivity index (χ3v) is 4.36. The van der Waals surface area contributed by atoms with Crippen molar-refractivity contribution < 1.29 is 4.74 Å². The maximum atomic E-state index is 5.25. The fourth-order valence-electron chi connectivity index (χ4n) is 3.20. The van der Waals surface area contributed by atoms with Crippen LogP contribution in [0.5, 0.6) is 5.75 Å². The molecule has 0 amide bonds. The monoisotopic (exact) mass is 276 g/mol. The van der Waals surface area contributed by atoms with E-state index in [1.165, 1.54) is 31.4 Å². The molecule has 1 heterocycles. The number of likely N-dealkylation sites (N-methyl/N-ethyl adjacent to an activating group) is 1. The predicted molar refractivity (Wildman–Crippen MR) is 84.3 cm³/mol. The molecule has 0 spiro atoms. The van der Waals surface area contributed by atoms with Crippen molar-refractivity contribution in [3.05, 3.63) is 29.8 Å². The number of benzene rings is 1. The molecule has 112 valence electrons. The summed E-state index contributed by atoms with van der Waals surface area (Å²) in [5.74, 6) is 0.927. The molecule has 1 aliphatic rings. The summed E-state index contributed by atoms with van der Waals surface area (Å²) in [6.07, 6.45) is 3.97. The van der Waals surface area contributed by atoms with Gasteiger partial charge in [-0.15, -0.1) is 0 Å². The molecule has 0 radical (unpaired) electrons. The first-order chi connectivity index (χ1) is 9.78. The standard InChI is InChI=1S/C17H28N2O/c1-4-15-7-6-12-19(15)13-17(18-5-2)14-8-10-16(20-3)11-9-14/h8-11,15,17-18H,4-7,12-13H2,1-3H3. The molecular formula is C17H28N2O. The van der Waals surface area contributed by atoms with Gasteiger partial charge in [-0.3, -0.25) is 4.90 Å². The Morgan fingerprint density at radius 1 is 1.30 bits per heavy atom. The number of likely N-dealkylation sites (tertiary alicyclic amines) is 1. The van der Waals surface area contributed by atoms with Gasteiger partial charge < -0.3 is 10.1 Å². The molecule has 2 rings (SSSR count). The normalized spacial score (nSPS) is 21.1. The Labute approximate surface area is 123 Å². The summed E-state index contributed by atoms with van der Waals surface area (Å²) < 4.78 is 5.25. The summed E-state index contributed by atoms with van der Waals surface area (Å²) in [5, 5.41) is 3.63. The van der Waals surface area contributed by atoms with Crippen LogP contribution in [-0.2, 0) is 0 Å². The SMILES string of the molecule is CCNC(CN1CCCC1CC)c1ccc(OC)cc1. The van der Waals surface area contributed by atoms with Crippen LogP contribution in [0, 0.1) is 0 Å². The molecule has 1 N–H and O–H groups in total. The van der Waals surface area contributed by atoms with Gasteiger partial charge in [0.25, 0.3) is 0 Å². The van der Waals surface area contributed by atoms with E-state index in [0.717, 1.165) is 24.9 Å². The fourth-order valence-corrected chi connectivity index (χ4v) is 3.20. The Morgan fingerprint density at radius 2 is 2.05 bits per heavy atom. The Balaban J connectivity index is 2.05. The molecule has 1 aromatic rings. The molecule has 20 heavy (non-hydrogen) atoms. The van der Waals surface area contributed by atoms with Crippen LogP contribution >= 0.6 is 0 Å². The van der Waals surface area contributed by atoms with E-state index in [0.29, 0.717) is 6.04 Å². The number of nitrogens with one attached hydrogen (secondary N) is 1. The van der Waals surface area contributed by atoms with Crippen LogP contribution in [-0.4, -0.2) is 37.7 Å². The Hall–Kier alpha value is -1.06. The van der Waals surface area contributed by atoms with Crippen molar-refractivity contribution in [1.82, 2.24) is 10.2 Å². The molecule has 2 unspecified atom stereocenters. The molecule has 1 saturated heterocycles. The molecule has 1 aromatic carbocycles. The molecular weight excluding hydrogens is 248 g/mol. The van der Waals surface area contributed by atoms with Gasteiger partial charge in [0.05, 0.1) is 7.11 Å². The van der Waals surface area contributed by atoms with Gasteiger partial charge in [0.1, 0.15) is 5.75 Å². The minimum absolute atomic E-state index is 0.415. The van der Waals surface area contributed by atoms with Gasteiger partial charge in [-0.2, -0.15) is 0 Å². The average molecular weight is 276 g/mol. The highest BCUT2D eigenvalue weighted by molar-refractivity contribution is 5.29. The second-order valence-electron chi connectivity index (χ2n) is 5.58. The highest BCUT2D eigenvalue weighted by atomic mass is 16.5. The summed E-state index contributed by atoms with van der Waals surface area (Å²) in [4.78, 5) is 2.65. The lowest BCUT2D eigenvalue weighted by Crippen LogP contribution is -2.37. The largest absolute Gasteiger partial charge is 0.497 e. The lowest BCUT2D eigenvalue weighted by molar-refractivity contribution is 0.221. The van der Waals surface area contributed by atoms with Crippen molar-refractivity contribution in [3.63, 3.8) is 0 Å². The van der Waals surface area contributed by atoms with Crippen LogP contribution in [0.1, 0.15) is 44.7 Å². The Morgan fingerprint density at radius 3 is 2.65 bits per heavy atom. The lowest BCUT2D eigenvalue weighted by Gasteiger charge is -2.29. The van der Waals surface area contributed by atoms with Crippen LogP contribution in [0.25, 0.3) is 0 Å². The van der Waals surface area contributed by atoms with Crippen molar-refractivity contribution >= 4 is 0 Å². The van der Waals surface area contributed by atoms with Crippen molar-refractivity contribution in [3.8, 4) is 5.75 Å². The molecule has 1 fully saturated rings. The van der Waals surface area contributed by atoms with Gasteiger partial charge >= 0.3 is 0 Å². The molecule has 3 heteroatoms. The summed E-state index contributed by atoms with van der Waals surface area (Å²) in [5.41, 5.74) is 1.36. The lowest BCUT2D eigenvalue weighted by atomic mass is 10.1. The summed E-state index contributed by atoms with van der Waals surface area (Å²) >= 11 is 0. The number of hydrogen-bond acceptors (Lipinski definition) is 3. The van der Waals surface area contributed by atoms with Crippen molar-refractivity contribution in [1.29, 1.82) is 0 Å². The number of ether oxygens (including phenoxy) is 1. The van der Waals surface area contributed by atoms with Gasteiger partial charge in [-0.1, -0.05) is 26.0 Å². The Kier molecular flexibility index (Phi) is 5.86. The molecule has 0 aromatic heterocycles. The zero-order valence-electron chi connectivity index (χ0n) is 13.1. The van der Waals surface area contributed by atoms with Crippen molar-refractivity contribution in [2.24, 2.45) is 0 Å². The van der Waals surface area contributed by atoms with Gasteiger partial charge in [-0.25, -0.2) is 0 Å². The molecule has 1 aliphatic heterocycles. The van der Waals surface area contributed by atoms with E-state index in [9.17, 15) is 0 Å². The number of methoxy groups -OCH3 is 1. The topological polar surface area (TPSA) is 24.5 Å². The predicted octanol–water partition coefficient (Wildman–Crippen LogP) is 3.22. The smallest absolute Gasteiger partial charge is 0.118 e. The molecule has 2 atom stereocenters. The second-order valence-corrected chi connectivity index (χ2v) is 5.58. The Bertz CT molecular complexity index is 390. The average Bonchev–Trinajstić information content (AvgIpc) is 2.94. The van der Waals surface area contributed by atoms with Crippen LogP contribution in [0.2, 0.25) is 0 Å². The first kappa shape index (κ1) is 15.3. The minimum atomic E-state index is 0.415. The van der Waals surface area contributed by atoms with Crippen molar-refractivity contribution in [2.45, 2.75) is 45.2 Å². The van der Waals surface area contributed by atoms with Gasteiger partial charge in [0.15, 0.2) is 0 Å². The van der Waals surface area contributed by atoms with E-state index in [2.05, 4.69) is 48.3 Å². The van der Waals surface area contributed by atoms with E-state index in [4.69, 9.17) is 4.74 Å². The summed E-state index contributed by atoms with van der Waals surface area (Å²) in [7, 11) is 1.72. The van der Waals surface area contributed by atoms with E-state index in [1.807, 2.05) is 0 Å². The van der Waals surface area contributed by atoms with E-state index >= 15 is 0 Å². The number of rotatable bonds is 7. The number of hydrogen-bond donors (Lipinski definition) is 1. The molecule has 0 saturated carbocycles. The highest BCUT2D eigenvalue weighted by Gasteiger charge is 2.25. The maximum absolute atomic E-state index is 5.25. The zero-order valence-corrected chi connectivity index (χ0v) is 13.1. The maximum Gasteiger partial charge on any atom is 0.118 e. The minimum Gasteiger partial charge on any atom is -0.497 e. The van der Waals surface area contributed by atoms with Crippen LogP contribution < -0.4 is 10.1 Å². The molecule has 0 aliphatic carbocycles. The first-order valence-electron chi connectivity index (χ1n) is 7.89. The third-order valence-electron chi connectivity index (χ3n) is 4.36. The molecule has 3 nitrogen and oxygen atoms in total. The third kappa shape index (κ3) is 3.74. The fraction of sp³-hybridized carbons (Fsp3) is 0.647. The zero-order chi connectivity index (χ0) is 14.4. The van der Waals surface area contributed by atoms with Gasteiger partial charge in [0, 0.05) is 18.6 Å². The van der Waals surface area contributed by atoms with Crippen LogP contribution in [0.4, 0.5) is 0 Å². The second kappa shape index (κ2) is 7.65. The van der Waals surface area contributed by atoms with Crippen LogP contribution in [0.15, 0.2) is 24.3 Å². The first-order valence-corrected chi connectivity index (χ1v) is 7.89. The highest BCUT2D eigenvalue weighted by Crippen LogP contribution is 2.24.